The summed E-state index contributed by atoms with van der Waals surface area (Å²) >= 11 is 3.45. The van der Waals surface area contributed by atoms with Crippen LogP contribution in [0.3, 0.4) is 0 Å². The molecule has 1 aromatic carbocycles. The fourth-order valence-electron chi connectivity index (χ4n) is 1.92. The van der Waals surface area contributed by atoms with Crippen LogP contribution in [0.5, 0.6) is 0 Å². The SMILES string of the molecule is NC1(C(=O)O)CCN(c2ccccc2Br)C1. The Kier molecular flexibility index (Phi) is 2.90. The first-order valence-electron chi connectivity index (χ1n) is 5.05. The molecule has 1 heterocycles. The fraction of sp³-hybridized carbons (Fsp3) is 0.364. The van der Waals surface area contributed by atoms with Gasteiger partial charge in [0.2, 0.25) is 0 Å². The van der Waals surface area contributed by atoms with Crippen molar-refractivity contribution in [2.75, 3.05) is 18.0 Å². The summed E-state index contributed by atoms with van der Waals surface area (Å²) in [5.74, 6) is -0.929. The maximum Gasteiger partial charge on any atom is 0.325 e. The average Bonchev–Trinajstić information content (AvgIpc) is 2.63. The molecule has 0 saturated carbocycles. The predicted octanol–water partition coefficient (Wildman–Crippen LogP) is 1.44. The van der Waals surface area contributed by atoms with Crippen molar-refractivity contribution in [3.63, 3.8) is 0 Å². The molecule has 1 unspecified atom stereocenters. The van der Waals surface area contributed by atoms with Gasteiger partial charge >= 0.3 is 5.97 Å². The maximum absolute atomic E-state index is 11.0. The molecule has 0 radical (unpaired) electrons. The van der Waals surface area contributed by atoms with Crippen LogP contribution in [0.1, 0.15) is 6.42 Å². The zero-order chi connectivity index (χ0) is 11.8. The highest BCUT2D eigenvalue weighted by Crippen LogP contribution is 2.31. The second-order valence-corrected chi connectivity index (χ2v) is 4.94. The summed E-state index contributed by atoms with van der Waals surface area (Å²) in [6, 6.07) is 7.75. The zero-order valence-electron chi connectivity index (χ0n) is 8.69. The number of hydrogen-bond donors (Lipinski definition) is 2. The van der Waals surface area contributed by atoms with Crippen LogP contribution in [0.25, 0.3) is 0 Å². The van der Waals surface area contributed by atoms with E-state index in [2.05, 4.69) is 15.9 Å². The molecule has 0 spiro atoms. The number of benzene rings is 1. The quantitative estimate of drug-likeness (QED) is 0.863. The Balaban J connectivity index is 2.22. The summed E-state index contributed by atoms with van der Waals surface area (Å²) in [7, 11) is 0. The van der Waals surface area contributed by atoms with Gasteiger partial charge in [-0.15, -0.1) is 0 Å². The summed E-state index contributed by atoms with van der Waals surface area (Å²) in [5.41, 5.74) is 5.70. The third-order valence-electron chi connectivity index (χ3n) is 2.92. The van der Waals surface area contributed by atoms with Crippen LogP contribution in [0.2, 0.25) is 0 Å². The third kappa shape index (κ3) is 1.92. The molecule has 0 bridgehead atoms. The topological polar surface area (TPSA) is 66.6 Å². The van der Waals surface area contributed by atoms with Crippen LogP contribution in [-0.4, -0.2) is 29.7 Å². The second kappa shape index (κ2) is 4.07. The number of nitrogens with two attached hydrogens (primary N) is 1. The van der Waals surface area contributed by atoms with Gasteiger partial charge < -0.3 is 15.7 Å². The van der Waals surface area contributed by atoms with Crippen molar-refractivity contribution in [2.45, 2.75) is 12.0 Å². The molecule has 1 saturated heterocycles. The largest absolute Gasteiger partial charge is 0.480 e. The van der Waals surface area contributed by atoms with Gasteiger partial charge in [-0.1, -0.05) is 12.1 Å². The van der Waals surface area contributed by atoms with Gasteiger partial charge in [-0.3, -0.25) is 4.79 Å². The maximum atomic E-state index is 11.0. The third-order valence-corrected chi connectivity index (χ3v) is 3.59. The Morgan fingerprint density at radius 2 is 2.19 bits per heavy atom. The normalized spacial score (nSPS) is 24.8. The molecule has 0 aliphatic carbocycles. The molecule has 86 valence electrons. The molecular weight excluding hydrogens is 272 g/mol. The van der Waals surface area contributed by atoms with Gasteiger partial charge in [0.25, 0.3) is 0 Å². The number of carboxylic acid groups (broad SMARTS) is 1. The van der Waals surface area contributed by atoms with Crippen LogP contribution in [-0.2, 0) is 4.79 Å². The Morgan fingerprint density at radius 1 is 1.50 bits per heavy atom. The molecule has 5 heteroatoms. The van der Waals surface area contributed by atoms with Crippen molar-refractivity contribution < 1.29 is 9.90 Å². The Labute approximate surface area is 102 Å². The Bertz CT molecular complexity index is 424. The fourth-order valence-corrected chi connectivity index (χ4v) is 2.46. The number of carboxylic acids is 1. The van der Waals surface area contributed by atoms with Crippen molar-refractivity contribution in [3.05, 3.63) is 28.7 Å². The second-order valence-electron chi connectivity index (χ2n) is 4.08. The van der Waals surface area contributed by atoms with Gasteiger partial charge in [0.1, 0.15) is 5.54 Å². The van der Waals surface area contributed by atoms with Gasteiger partial charge in [-0.2, -0.15) is 0 Å². The minimum Gasteiger partial charge on any atom is -0.480 e. The highest BCUT2D eigenvalue weighted by molar-refractivity contribution is 9.10. The summed E-state index contributed by atoms with van der Waals surface area (Å²) in [6.45, 7) is 1.02. The van der Waals surface area contributed by atoms with Crippen LogP contribution >= 0.6 is 15.9 Å². The smallest absolute Gasteiger partial charge is 0.325 e. The standard InChI is InChI=1S/C11H13BrN2O2/c12-8-3-1-2-4-9(8)14-6-5-11(13,7-14)10(15)16/h1-4H,5-7,13H2,(H,15,16). The first-order valence-corrected chi connectivity index (χ1v) is 5.84. The van der Waals surface area contributed by atoms with Crippen LogP contribution in [0.15, 0.2) is 28.7 Å². The molecule has 1 aliphatic rings. The van der Waals surface area contributed by atoms with Crippen LogP contribution < -0.4 is 10.6 Å². The van der Waals surface area contributed by atoms with E-state index < -0.39 is 11.5 Å². The molecule has 1 aromatic rings. The molecule has 0 amide bonds. The first kappa shape index (κ1) is 11.4. The van der Waals surface area contributed by atoms with Gasteiger partial charge in [0.15, 0.2) is 0 Å². The minimum atomic E-state index is -1.12. The summed E-state index contributed by atoms with van der Waals surface area (Å²) in [5, 5.41) is 9.04. The molecule has 4 nitrogen and oxygen atoms in total. The molecular formula is C11H13BrN2O2. The number of rotatable bonds is 2. The van der Waals surface area contributed by atoms with Crippen molar-refractivity contribution in [1.29, 1.82) is 0 Å². The van der Waals surface area contributed by atoms with Gasteiger partial charge in [0.05, 0.1) is 5.69 Å². The van der Waals surface area contributed by atoms with E-state index in [9.17, 15) is 4.79 Å². The van der Waals surface area contributed by atoms with E-state index >= 15 is 0 Å². The number of para-hydroxylation sites is 1. The van der Waals surface area contributed by atoms with Crippen molar-refractivity contribution in [1.82, 2.24) is 0 Å². The highest BCUT2D eigenvalue weighted by Gasteiger charge is 2.41. The minimum absolute atomic E-state index is 0.352. The van der Waals surface area contributed by atoms with E-state index in [0.29, 0.717) is 19.5 Å². The number of nitrogens with zero attached hydrogens (tertiary/aromatic N) is 1. The van der Waals surface area contributed by atoms with E-state index in [0.717, 1.165) is 10.2 Å². The van der Waals surface area contributed by atoms with Crippen molar-refractivity contribution in [2.24, 2.45) is 5.73 Å². The summed E-state index contributed by atoms with van der Waals surface area (Å²) in [4.78, 5) is 13.0. The van der Waals surface area contributed by atoms with Crippen LogP contribution in [0, 0.1) is 0 Å². The number of aliphatic carboxylic acids is 1. The Hall–Kier alpha value is -1.07. The van der Waals surface area contributed by atoms with E-state index in [1.165, 1.54) is 0 Å². The molecule has 0 aromatic heterocycles. The lowest BCUT2D eigenvalue weighted by molar-refractivity contribution is -0.142. The summed E-state index contributed by atoms with van der Waals surface area (Å²) in [6.07, 6.45) is 0.476. The molecule has 2 rings (SSSR count). The lowest BCUT2D eigenvalue weighted by Crippen LogP contribution is -2.50. The number of hydrogen-bond acceptors (Lipinski definition) is 3. The predicted molar refractivity (Wildman–Crippen MR) is 65.5 cm³/mol. The number of carbonyl (C=O) groups is 1. The van der Waals surface area contributed by atoms with E-state index in [1.807, 2.05) is 29.2 Å². The van der Waals surface area contributed by atoms with Crippen molar-refractivity contribution in [3.8, 4) is 0 Å². The van der Waals surface area contributed by atoms with Gasteiger partial charge in [-0.05, 0) is 34.5 Å². The van der Waals surface area contributed by atoms with Gasteiger partial charge in [-0.25, -0.2) is 0 Å². The zero-order valence-corrected chi connectivity index (χ0v) is 10.3. The van der Waals surface area contributed by atoms with E-state index in [1.54, 1.807) is 0 Å². The Morgan fingerprint density at radius 3 is 2.75 bits per heavy atom. The first-order chi connectivity index (χ1) is 7.53. The van der Waals surface area contributed by atoms with Crippen LogP contribution in [0.4, 0.5) is 5.69 Å². The molecule has 1 atom stereocenters. The molecule has 3 N–H and O–H groups in total. The lowest BCUT2D eigenvalue weighted by atomic mass is 10.0. The number of anilines is 1. The molecule has 16 heavy (non-hydrogen) atoms. The van der Waals surface area contributed by atoms with E-state index in [4.69, 9.17) is 10.8 Å². The van der Waals surface area contributed by atoms with Crippen molar-refractivity contribution >= 4 is 27.6 Å². The average molecular weight is 285 g/mol. The van der Waals surface area contributed by atoms with Gasteiger partial charge in [0, 0.05) is 17.6 Å². The lowest BCUT2D eigenvalue weighted by Gasteiger charge is -2.22. The highest BCUT2D eigenvalue weighted by atomic mass is 79.9. The molecule has 1 aliphatic heterocycles. The molecule has 1 fully saturated rings. The monoisotopic (exact) mass is 284 g/mol. The number of halogens is 1. The van der Waals surface area contributed by atoms with E-state index in [-0.39, 0.29) is 0 Å². The summed E-state index contributed by atoms with van der Waals surface area (Å²) < 4.78 is 0.963.